The van der Waals surface area contributed by atoms with E-state index in [0.29, 0.717) is 5.92 Å². The monoisotopic (exact) mass is 353 g/mol. The standard InChI is InChI=1S/C18H19.C2H4.Zr/c1-11-12(2)14(4)18(13(11)3)17-10-9-15-7-5-6-8-16(15)17;1-2;/h5-10,17H,1-4H3;1H,2H3;/q-1;;. The van der Waals surface area contributed by atoms with E-state index >= 15 is 0 Å². The molecule has 1 heteroatoms. The van der Waals surface area contributed by atoms with Gasteiger partial charge in [0.25, 0.3) is 0 Å². The molecule has 2 aromatic rings. The van der Waals surface area contributed by atoms with Gasteiger partial charge in [-0.15, -0.1) is 5.56 Å². The SMILES string of the molecule is C[CH]=[Zr].Cc1c(C)c(C)[c-](C2C=Cc3ccccc32)c1C. The van der Waals surface area contributed by atoms with Gasteiger partial charge in [0.15, 0.2) is 0 Å². The maximum atomic E-state index is 2.35. The van der Waals surface area contributed by atoms with Crippen molar-refractivity contribution in [3.63, 3.8) is 0 Å². The Hall–Kier alpha value is -0.937. The molecule has 1 unspecified atom stereocenters. The quantitative estimate of drug-likeness (QED) is 0.621. The number of fused-ring (bicyclic) bond motifs is 1. The van der Waals surface area contributed by atoms with E-state index in [9.17, 15) is 0 Å². The first kappa shape index (κ1) is 16.4. The Kier molecular flexibility index (Phi) is 5.39. The molecular weight excluding hydrogens is 331 g/mol. The van der Waals surface area contributed by atoms with Gasteiger partial charge in [-0.2, -0.15) is 22.3 Å². The topological polar surface area (TPSA) is 0 Å². The summed E-state index contributed by atoms with van der Waals surface area (Å²) in [5.41, 5.74) is 10.2. The van der Waals surface area contributed by atoms with Gasteiger partial charge in [0, 0.05) is 0 Å². The second kappa shape index (κ2) is 6.88. The summed E-state index contributed by atoms with van der Waals surface area (Å²) in [5.74, 6) is 0.452. The van der Waals surface area contributed by atoms with Crippen LogP contribution in [0.25, 0.3) is 6.08 Å². The summed E-state index contributed by atoms with van der Waals surface area (Å²) in [6, 6.07) is 8.73. The minimum Gasteiger partial charge on any atom is -0.196 e. The summed E-state index contributed by atoms with van der Waals surface area (Å²) < 4.78 is 2.09. The molecule has 21 heavy (non-hydrogen) atoms. The fourth-order valence-electron chi connectivity index (χ4n) is 3.22. The molecule has 0 aliphatic heterocycles. The summed E-state index contributed by atoms with van der Waals surface area (Å²) in [6.45, 7) is 11.1. The Morgan fingerprint density at radius 3 is 2.10 bits per heavy atom. The van der Waals surface area contributed by atoms with E-state index in [0.717, 1.165) is 0 Å². The van der Waals surface area contributed by atoms with Crippen LogP contribution in [0.4, 0.5) is 0 Å². The van der Waals surface area contributed by atoms with Crippen LogP contribution in [0.2, 0.25) is 0 Å². The summed E-state index contributed by atoms with van der Waals surface area (Å²) in [5, 5.41) is 0. The van der Waals surface area contributed by atoms with Crippen LogP contribution in [0.3, 0.4) is 0 Å². The van der Waals surface area contributed by atoms with E-state index < -0.39 is 0 Å². The van der Waals surface area contributed by atoms with Gasteiger partial charge >= 0.3 is 34.9 Å². The van der Waals surface area contributed by atoms with Crippen molar-refractivity contribution < 1.29 is 24.2 Å². The minimum atomic E-state index is 0.452. The van der Waals surface area contributed by atoms with Crippen LogP contribution in [-0.2, 0) is 24.2 Å². The van der Waals surface area contributed by atoms with Gasteiger partial charge in [0.1, 0.15) is 0 Å². The van der Waals surface area contributed by atoms with Crippen LogP contribution < -0.4 is 0 Å². The largest absolute Gasteiger partial charge is 0.196 e. The zero-order valence-corrected chi connectivity index (χ0v) is 16.1. The van der Waals surface area contributed by atoms with Crippen molar-refractivity contribution in [1.29, 1.82) is 0 Å². The fraction of sp³-hybridized carbons (Fsp3) is 0.300. The minimum absolute atomic E-state index is 0.452. The van der Waals surface area contributed by atoms with Gasteiger partial charge in [-0.1, -0.05) is 64.1 Å². The molecule has 0 saturated heterocycles. The Balaban J connectivity index is 0.000000497. The zero-order chi connectivity index (χ0) is 15.6. The summed E-state index contributed by atoms with van der Waals surface area (Å²) in [7, 11) is 0. The molecule has 0 fully saturated rings. The molecule has 0 amide bonds. The van der Waals surface area contributed by atoms with Crippen molar-refractivity contribution in [2.75, 3.05) is 0 Å². The van der Waals surface area contributed by atoms with Crippen molar-refractivity contribution in [2.45, 2.75) is 40.5 Å². The number of hydrogen-bond acceptors (Lipinski definition) is 0. The third kappa shape index (κ3) is 2.99. The van der Waals surface area contributed by atoms with Gasteiger partial charge in [-0.25, -0.2) is 0 Å². The second-order valence-corrected chi connectivity index (χ2v) is 7.09. The molecule has 1 aliphatic rings. The Labute approximate surface area is 143 Å². The zero-order valence-electron chi connectivity index (χ0n) is 13.6. The molecule has 0 radical (unpaired) electrons. The second-order valence-electron chi connectivity index (χ2n) is 5.67. The first-order valence-electron chi connectivity index (χ1n) is 7.48. The maximum absolute atomic E-state index is 2.35. The van der Waals surface area contributed by atoms with Crippen LogP contribution in [0, 0.1) is 27.7 Å². The average molecular weight is 355 g/mol. The smallest absolute Gasteiger partial charge is 0.0168 e. The van der Waals surface area contributed by atoms with Crippen LogP contribution in [0.1, 0.15) is 51.8 Å². The predicted octanol–water partition coefficient (Wildman–Crippen LogP) is 5.15. The maximum Gasteiger partial charge on any atom is -0.0168 e. The molecule has 0 heterocycles. The van der Waals surface area contributed by atoms with Crippen LogP contribution in [0.5, 0.6) is 0 Å². The van der Waals surface area contributed by atoms with Crippen LogP contribution in [-0.4, -0.2) is 3.71 Å². The van der Waals surface area contributed by atoms with Gasteiger partial charge in [-0.3, -0.25) is 0 Å². The molecule has 0 bridgehead atoms. The van der Waals surface area contributed by atoms with Gasteiger partial charge in [-0.05, 0) is 17.0 Å². The van der Waals surface area contributed by atoms with E-state index in [1.807, 2.05) is 6.92 Å². The molecule has 0 N–H and O–H groups in total. The Morgan fingerprint density at radius 2 is 1.52 bits per heavy atom. The molecular formula is C20H23Zr-. The molecule has 1 aliphatic carbocycles. The molecule has 0 nitrogen and oxygen atoms in total. The van der Waals surface area contributed by atoms with Crippen molar-refractivity contribution in [3.8, 4) is 0 Å². The number of rotatable bonds is 1. The van der Waals surface area contributed by atoms with Crippen molar-refractivity contribution >= 4 is 9.78 Å². The molecule has 0 aromatic heterocycles. The van der Waals surface area contributed by atoms with Gasteiger partial charge < -0.3 is 0 Å². The van der Waals surface area contributed by atoms with E-state index in [2.05, 4.69) is 67.8 Å². The fourth-order valence-corrected chi connectivity index (χ4v) is 3.22. The van der Waals surface area contributed by atoms with Crippen LogP contribution in [0.15, 0.2) is 30.3 Å². The van der Waals surface area contributed by atoms with E-state index in [-0.39, 0.29) is 0 Å². The first-order chi connectivity index (χ1) is 10.0. The van der Waals surface area contributed by atoms with Gasteiger partial charge in [0.05, 0.1) is 0 Å². The summed E-state index contributed by atoms with van der Waals surface area (Å²) in [4.78, 5) is 0. The van der Waals surface area contributed by atoms with Crippen molar-refractivity contribution in [2.24, 2.45) is 0 Å². The van der Waals surface area contributed by atoms with Gasteiger partial charge in [0.2, 0.25) is 0 Å². The summed E-state index contributed by atoms with van der Waals surface area (Å²) in [6.07, 6.45) is 4.61. The van der Waals surface area contributed by atoms with E-state index in [1.54, 1.807) is 0 Å². The Bertz CT molecular complexity index is 661. The molecule has 2 aromatic carbocycles. The molecule has 0 spiro atoms. The third-order valence-corrected chi connectivity index (χ3v) is 4.61. The summed E-state index contributed by atoms with van der Waals surface area (Å²) >= 11 is 1.51. The van der Waals surface area contributed by atoms with Crippen molar-refractivity contribution in [3.05, 3.63) is 69.3 Å². The molecule has 0 saturated carbocycles. The van der Waals surface area contributed by atoms with Crippen LogP contribution >= 0.6 is 0 Å². The molecule has 3 rings (SSSR count). The van der Waals surface area contributed by atoms with E-state index in [4.69, 9.17) is 0 Å². The first-order valence-corrected chi connectivity index (χ1v) is 8.90. The number of benzene rings is 1. The third-order valence-electron chi connectivity index (χ3n) is 4.61. The number of hydrogen-bond donors (Lipinski definition) is 0. The average Bonchev–Trinajstić information content (AvgIpc) is 2.97. The molecule has 108 valence electrons. The van der Waals surface area contributed by atoms with E-state index in [1.165, 1.54) is 63.2 Å². The normalized spacial score (nSPS) is 15.3. The molecule has 1 atom stereocenters. The predicted molar refractivity (Wildman–Crippen MR) is 90.0 cm³/mol. The Morgan fingerprint density at radius 1 is 1.00 bits per heavy atom. The van der Waals surface area contributed by atoms with Crippen molar-refractivity contribution in [1.82, 2.24) is 0 Å². The number of allylic oxidation sites excluding steroid dienone is 1.